The Morgan fingerprint density at radius 2 is 2.00 bits per heavy atom. The zero-order chi connectivity index (χ0) is 15.3. The molecule has 1 atom stereocenters. The van der Waals surface area contributed by atoms with E-state index in [2.05, 4.69) is 41.0 Å². The number of carbonyl (C=O) groups excluding carboxylic acids is 1. The monoisotopic (exact) mass is 354 g/mol. The number of carbonyl (C=O) groups is 1. The van der Waals surface area contributed by atoms with Crippen molar-refractivity contribution in [1.29, 1.82) is 0 Å². The third-order valence-corrected chi connectivity index (χ3v) is 6.13. The molecule has 23 heavy (non-hydrogen) atoms. The van der Waals surface area contributed by atoms with E-state index >= 15 is 0 Å². The highest BCUT2D eigenvalue weighted by atomic mass is 35.5. The van der Waals surface area contributed by atoms with Gasteiger partial charge in [-0.15, -0.1) is 12.4 Å². The first-order valence-electron chi connectivity index (χ1n) is 8.42. The van der Waals surface area contributed by atoms with Crippen molar-refractivity contribution >= 4 is 30.1 Å². The van der Waals surface area contributed by atoms with Gasteiger partial charge in [0.05, 0.1) is 0 Å². The summed E-state index contributed by atoms with van der Waals surface area (Å²) >= 11 is 1.94. The lowest BCUT2D eigenvalue weighted by atomic mass is 9.79. The molecule has 1 heterocycles. The fraction of sp³-hybridized carbons (Fsp3) is 0.611. The third-order valence-electron chi connectivity index (χ3n) is 5.00. The van der Waals surface area contributed by atoms with Crippen molar-refractivity contribution in [2.24, 2.45) is 0 Å². The molecule has 0 bridgehead atoms. The Kier molecular flexibility index (Phi) is 7.25. The van der Waals surface area contributed by atoms with E-state index in [4.69, 9.17) is 0 Å². The van der Waals surface area contributed by atoms with E-state index in [0.29, 0.717) is 12.5 Å². The van der Waals surface area contributed by atoms with Gasteiger partial charge in [0.15, 0.2) is 0 Å². The summed E-state index contributed by atoms with van der Waals surface area (Å²) in [5, 5.41) is 6.66. The van der Waals surface area contributed by atoms with Gasteiger partial charge in [0.1, 0.15) is 0 Å². The number of amides is 1. The van der Waals surface area contributed by atoms with Gasteiger partial charge in [-0.3, -0.25) is 4.79 Å². The molecule has 1 saturated heterocycles. The van der Waals surface area contributed by atoms with Crippen LogP contribution in [0.5, 0.6) is 0 Å². The van der Waals surface area contributed by atoms with Gasteiger partial charge < -0.3 is 10.6 Å². The largest absolute Gasteiger partial charge is 0.355 e. The first-order chi connectivity index (χ1) is 10.8. The summed E-state index contributed by atoms with van der Waals surface area (Å²) in [7, 11) is 0. The molecule has 1 aliphatic carbocycles. The molecule has 0 radical (unpaired) electrons. The molecule has 3 rings (SSSR count). The maximum absolute atomic E-state index is 12.3. The number of halogens is 1. The number of hydrogen-bond donors (Lipinski definition) is 2. The lowest BCUT2D eigenvalue weighted by molar-refractivity contribution is -0.121. The summed E-state index contributed by atoms with van der Waals surface area (Å²) < 4.78 is 0. The second-order valence-corrected chi connectivity index (χ2v) is 7.71. The molecule has 1 aliphatic heterocycles. The van der Waals surface area contributed by atoms with Crippen molar-refractivity contribution in [2.45, 2.75) is 43.6 Å². The number of rotatable bonds is 5. The molecule has 2 N–H and O–H groups in total. The van der Waals surface area contributed by atoms with Gasteiger partial charge in [-0.05, 0) is 18.4 Å². The van der Waals surface area contributed by atoms with Crippen molar-refractivity contribution < 1.29 is 4.79 Å². The van der Waals surface area contributed by atoms with E-state index in [1.807, 2.05) is 11.8 Å². The van der Waals surface area contributed by atoms with E-state index in [1.54, 1.807) is 0 Å². The smallest absolute Gasteiger partial charge is 0.221 e. The first kappa shape index (κ1) is 18.6. The van der Waals surface area contributed by atoms with Gasteiger partial charge in [-0.1, -0.05) is 43.2 Å². The number of hydrogen-bond acceptors (Lipinski definition) is 3. The fourth-order valence-corrected chi connectivity index (χ4v) is 4.67. The lowest BCUT2D eigenvalue weighted by Crippen LogP contribution is -2.44. The van der Waals surface area contributed by atoms with Gasteiger partial charge in [0, 0.05) is 42.5 Å². The number of nitrogens with one attached hydrogen (secondary N) is 2. The van der Waals surface area contributed by atoms with Crippen LogP contribution in [0.25, 0.3) is 0 Å². The topological polar surface area (TPSA) is 41.1 Å². The molecule has 0 spiro atoms. The van der Waals surface area contributed by atoms with Crippen LogP contribution < -0.4 is 10.6 Å². The van der Waals surface area contributed by atoms with Crippen LogP contribution in [0.4, 0.5) is 0 Å². The van der Waals surface area contributed by atoms with Crippen molar-refractivity contribution in [3.63, 3.8) is 0 Å². The van der Waals surface area contributed by atoms with E-state index in [-0.39, 0.29) is 23.7 Å². The standard InChI is InChI=1S/C18H26N2OS.ClH/c21-17(12-16-13-22-11-10-19-16)20-14-18(8-4-5-9-18)15-6-2-1-3-7-15;/h1-3,6-7,16,19H,4-5,8-14H2,(H,20,21);1H. The van der Waals surface area contributed by atoms with Crippen LogP contribution in [-0.2, 0) is 10.2 Å². The summed E-state index contributed by atoms with van der Waals surface area (Å²) in [6, 6.07) is 11.1. The third kappa shape index (κ3) is 4.88. The molecule has 1 amide bonds. The summed E-state index contributed by atoms with van der Waals surface area (Å²) in [6.45, 7) is 1.81. The fourth-order valence-electron chi connectivity index (χ4n) is 3.73. The van der Waals surface area contributed by atoms with Crippen LogP contribution in [-0.4, -0.2) is 36.5 Å². The van der Waals surface area contributed by atoms with Gasteiger partial charge in [-0.25, -0.2) is 0 Å². The minimum Gasteiger partial charge on any atom is -0.355 e. The highest BCUT2D eigenvalue weighted by Crippen LogP contribution is 2.40. The Hall–Kier alpha value is -0.710. The first-order valence-corrected chi connectivity index (χ1v) is 9.57. The highest BCUT2D eigenvalue weighted by Gasteiger charge is 2.35. The lowest BCUT2D eigenvalue weighted by Gasteiger charge is -2.30. The van der Waals surface area contributed by atoms with Crippen molar-refractivity contribution in [3.8, 4) is 0 Å². The molecule has 1 unspecified atom stereocenters. The second kappa shape index (κ2) is 8.95. The Labute approximate surface area is 149 Å². The van der Waals surface area contributed by atoms with Gasteiger partial charge in [0.25, 0.3) is 0 Å². The van der Waals surface area contributed by atoms with Crippen LogP contribution in [0.3, 0.4) is 0 Å². The summed E-state index contributed by atoms with van der Waals surface area (Å²) in [4.78, 5) is 12.3. The van der Waals surface area contributed by atoms with E-state index < -0.39 is 0 Å². The normalized spacial score (nSPS) is 23.0. The highest BCUT2D eigenvalue weighted by molar-refractivity contribution is 7.99. The van der Waals surface area contributed by atoms with Crippen LogP contribution in [0.15, 0.2) is 30.3 Å². The van der Waals surface area contributed by atoms with Crippen LogP contribution >= 0.6 is 24.2 Å². The Morgan fingerprint density at radius 1 is 1.26 bits per heavy atom. The van der Waals surface area contributed by atoms with Gasteiger partial charge >= 0.3 is 0 Å². The Morgan fingerprint density at radius 3 is 2.65 bits per heavy atom. The summed E-state index contributed by atoms with van der Waals surface area (Å²) in [5.41, 5.74) is 1.55. The molecular formula is C18H27ClN2OS. The van der Waals surface area contributed by atoms with Crippen molar-refractivity contribution in [2.75, 3.05) is 24.6 Å². The molecule has 1 aromatic rings. The van der Waals surface area contributed by atoms with E-state index in [1.165, 1.54) is 31.2 Å². The molecule has 1 saturated carbocycles. The molecule has 3 nitrogen and oxygen atoms in total. The average Bonchev–Trinajstić information content (AvgIpc) is 3.05. The quantitative estimate of drug-likeness (QED) is 0.853. The Bertz CT molecular complexity index is 485. The number of thioether (sulfide) groups is 1. The minimum absolute atomic E-state index is 0. The zero-order valence-electron chi connectivity index (χ0n) is 13.6. The zero-order valence-corrected chi connectivity index (χ0v) is 15.2. The predicted octanol–water partition coefficient (Wildman–Crippen LogP) is 3.13. The average molecular weight is 355 g/mol. The molecule has 1 aromatic carbocycles. The van der Waals surface area contributed by atoms with Crippen LogP contribution in [0.1, 0.15) is 37.7 Å². The molecular weight excluding hydrogens is 328 g/mol. The minimum atomic E-state index is 0. The maximum atomic E-state index is 12.3. The molecule has 2 fully saturated rings. The summed E-state index contributed by atoms with van der Waals surface area (Å²) in [5.74, 6) is 2.41. The van der Waals surface area contributed by atoms with E-state index in [0.717, 1.165) is 24.6 Å². The second-order valence-electron chi connectivity index (χ2n) is 6.56. The predicted molar refractivity (Wildman–Crippen MR) is 101 cm³/mol. The van der Waals surface area contributed by atoms with Crippen molar-refractivity contribution in [3.05, 3.63) is 35.9 Å². The molecule has 5 heteroatoms. The van der Waals surface area contributed by atoms with Gasteiger partial charge in [0.2, 0.25) is 5.91 Å². The number of benzene rings is 1. The van der Waals surface area contributed by atoms with E-state index in [9.17, 15) is 4.79 Å². The van der Waals surface area contributed by atoms with Crippen molar-refractivity contribution in [1.82, 2.24) is 10.6 Å². The molecule has 128 valence electrons. The molecule has 2 aliphatic rings. The van der Waals surface area contributed by atoms with Gasteiger partial charge in [-0.2, -0.15) is 11.8 Å². The maximum Gasteiger partial charge on any atom is 0.221 e. The van der Waals surface area contributed by atoms with Crippen LogP contribution in [0.2, 0.25) is 0 Å². The summed E-state index contributed by atoms with van der Waals surface area (Å²) in [6.07, 6.45) is 5.53. The molecule has 0 aromatic heterocycles. The SMILES string of the molecule is Cl.O=C(CC1CSCCN1)NCC1(c2ccccc2)CCCC1. The Balaban J connectivity index is 0.00000192. The van der Waals surface area contributed by atoms with Crippen LogP contribution in [0, 0.1) is 0 Å².